The Kier molecular flexibility index (Phi) is 4.27. The van der Waals surface area contributed by atoms with Crippen molar-refractivity contribution in [2.45, 2.75) is 30.8 Å². The molecular formula is C14H18N2O2S. The van der Waals surface area contributed by atoms with Crippen LogP contribution in [0.3, 0.4) is 0 Å². The Hall–Kier alpha value is -1.33. The minimum absolute atomic E-state index is 0.00935. The van der Waals surface area contributed by atoms with Crippen LogP contribution in [-0.4, -0.2) is 36.6 Å². The lowest BCUT2D eigenvalue weighted by atomic mass is 10.1. The van der Waals surface area contributed by atoms with E-state index < -0.39 is 6.04 Å². The van der Waals surface area contributed by atoms with Crippen LogP contribution in [0.25, 0.3) is 0 Å². The zero-order valence-corrected chi connectivity index (χ0v) is 12.2. The fraction of sp³-hybridized carbons (Fsp3) is 0.429. The Balaban J connectivity index is 2.49. The third kappa shape index (κ3) is 2.67. The van der Waals surface area contributed by atoms with Gasteiger partial charge >= 0.3 is 0 Å². The quantitative estimate of drug-likeness (QED) is 0.914. The van der Waals surface area contributed by atoms with E-state index in [9.17, 15) is 9.59 Å². The number of anilines is 1. The highest BCUT2D eigenvalue weighted by Crippen LogP contribution is 2.35. The van der Waals surface area contributed by atoms with E-state index in [2.05, 4.69) is 5.32 Å². The van der Waals surface area contributed by atoms with Gasteiger partial charge in [0.25, 0.3) is 0 Å². The largest absolute Gasteiger partial charge is 0.308 e. The van der Waals surface area contributed by atoms with E-state index in [0.717, 1.165) is 10.6 Å². The third-order valence-corrected chi connectivity index (χ3v) is 4.55. The number of thioether (sulfide) groups is 1. The molecule has 1 aromatic carbocycles. The summed E-state index contributed by atoms with van der Waals surface area (Å²) < 4.78 is 0. The summed E-state index contributed by atoms with van der Waals surface area (Å²) in [6.45, 7) is 3.30. The molecular weight excluding hydrogens is 260 g/mol. The summed E-state index contributed by atoms with van der Waals surface area (Å²) in [5.41, 5.74) is 0.831. The van der Waals surface area contributed by atoms with Crippen LogP contribution >= 0.6 is 11.8 Å². The van der Waals surface area contributed by atoms with Crippen LogP contribution in [0.5, 0.6) is 0 Å². The average Bonchev–Trinajstić information content (AvgIpc) is 2.54. The summed E-state index contributed by atoms with van der Waals surface area (Å²) in [6, 6.07) is 7.03. The van der Waals surface area contributed by atoms with Gasteiger partial charge in [-0.25, -0.2) is 0 Å². The molecule has 0 fully saturated rings. The highest BCUT2D eigenvalue weighted by molar-refractivity contribution is 7.99. The Bertz CT molecular complexity index is 504. The monoisotopic (exact) mass is 278 g/mol. The highest BCUT2D eigenvalue weighted by atomic mass is 32.2. The van der Waals surface area contributed by atoms with E-state index in [-0.39, 0.29) is 17.7 Å². The number of benzene rings is 1. The van der Waals surface area contributed by atoms with Gasteiger partial charge in [0, 0.05) is 10.6 Å². The van der Waals surface area contributed by atoms with Gasteiger partial charge in [0.15, 0.2) is 5.78 Å². The molecule has 0 saturated heterocycles. The molecule has 4 nitrogen and oxygen atoms in total. The SMILES string of the molecule is CNC1CSc2ccccc2N(C(C)C(C)=O)C1=O. The van der Waals surface area contributed by atoms with Gasteiger partial charge in [-0.3, -0.25) is 14.5 Å². The lowest BCUT2D eigenvalue weighted by Gasteiger charge is -2.29. The zero-order chi connectivity index (χ0) is 14.0. The summed E-state index contributed by atoms with van der Waals surface area (Å²) in [6.07, 6.45) is 0. The van der Waals surface area contributed by atoms with Gasteiger partial charge in [-0.2, -0.15) is 0 Å². The Morgan fingerprint density at radius 3 is 2.79 bits per heavy atom. The number of likely N-dealkylation sites (N-methyl/N-ethyl adjacent to an activating group) is 1. The minimum Gasteiger partial charge on any atom is -0.308 e. The number of fused-ring (bicyclic) bond motifs is 1. The molecule has 1 amide bonds. The predicted molar refractivity (Wildman–Crippen MR) is 77.6 cm³/mol. The first-order valence-corrected chi connectivity index (χ1v) is 7.27. The number of rotatable bonds is 3. The molecule has 102 valence electrons. The number of carbonyl (C=O) groups excluding carboxylic acids is 2. The molecule has 0 radical (unpaired) electrons. The van der Waals surface area contributed by atoms with E-state index in [4.69, 9.17) is 0 Å². The molecule has 19 heavy (non-hydrogen) atoms. The van der Waals surface area contributed by atoms with Crippen LogP contribution < -0.4 is 10.2 Å². The van der Waals surface area contributed by atoms with Crippen molar-refractivity contribution in [2.75, 3.05) is 17.7 Å². The molecule has 2 atom stereocenters. The van der Waals surface area contributed by atoms with Crippen LogP contribution in [0.4, 0.5) is 5.69 Å². The topological polar surface area (TPSA) is 49.4 Å². The fourth-order valence-electron chi connectivity index (χ4n) is 2.10. The number of amides is 1. The van der Waals surface area contributed by atoms with Crippen LogP contribution in [0.15, 0.2) is 29.2 Å². The van der Waals surface area contributed by atoms with E-state index in [1.165, 1.54) is 6.92 Å². The van der Waals surface area contributed by atoms with Crippen molar-refractivity contribution < 1.29 is 9.59 Å². The van der Waals surface area contributed by atoms with Gasteiger partial charge in [0.05, 0.1) is 17.8 Å². The Labute approximate surface area is 117 Å². The van der Waals surface area contributed by atoms with Gasteiger partial charge in [-0.05, 0) is 33.0 Å². The zero-order valence-electron chi connectivity index (χ0n) is 11.3. The Morgan fingerprint density at radius 2 is 2.16 bits per heavy atom. The Morgan fingerprint density at radius 1 is 1.47 bits per heavy atom. The maximum Gasteiger partial charge on any atom is 0.245 e. The normalized spacial score (nSPS) is 20.7. The van der Waals surface area contributed by atoms with Crippen LogP contribution in [-0.2, 0) is 9.59 Å². The van der Waals surface area contributed by atoms with Gasteiger partial charge in [-0.15, -0.1) is 11.8 Å². The molecule has 5 heteroatoms. The van der Waals surface area contributed by atoms with Gasteiger partial charge in [0.1, 0.15) is 0 Å². The predicted octanol–water partition coefficient (Wildman–Crippen LogP) is 1.69. The molecule has 1 aliphatic rings. The second-order valence-corrected chi connectivity index (χ2v) is 5.68. The molecule has 2 rings (SSSR count). The van der Waals surface area contributed by atoms with E-state index in [0.29, 0.717) is 5.75 Å². The smallest absolute Gasteiger partial charge is 0.245 e. The third-order valence-electron chi connectivity index (χ3n) is 3.39. The first-order chi connectivity index (χ1) is 9.06. The second-order valence-electron chi connectivity index (χ2n) is 4.61. The van der Waals surface area contributed by atoms with E-state index in [1.807, 2.05) is 24.3 Å². The number of nitrogens with zero attached hydrogens (tertiary/aromatic N) is 1. The van der Waals surface area contributed by atoms with Crippen molar-refractivity contribution in [3.8, 4) is 0 Å². The molecule has 1 N–H and O–H groups in total. The van der Waals surface area contributed by atoms with Gasteiger partial charge < -0.3 is 5.32 Å². The van der Waals surface area contributed by atoms with Gasteiger partial charge in [-0.1, -0.05) is 12.1 Å². The molecule has 0 aliphatic carbocycles. The van der Waals surface area contributed by atoms with Gasteiger partial charge in [0.2, 0.25) is 5.91 Å². The summed E-state index contributed by atoms with van der Waals surface area (Å²) in [4.78, 5) is 26.9. The summed E-state index contributed by atoms with van der Waals surface area (Å²) >= 11 is 1.64. The average molecular weight is 278 g/mol. The van der Waals surface area contributed by atoms with Crippen molar-refractivity contribution in [2.24, 2.45) is 0 Å². The molecule has 2 unspecified atom stereocenters. The van der Waals surface area contributed by atoms with Crippen LogP contribution in [0.2, 0.25) is 0 Å². The molecule has 0 aromatic heterocycles. The molecule has 0 saturated carbocycles. The number of nitrogens with one attached hydrogen (secondary N) is 1. The molecule has 0 spiro atoms. The van der Waals surface area contributed by atoms with Crippen molar-refractivity contribution in [1.29, 1.82) is 0 Å². The molecule has 1 aliphatic heterocycles. The van der Waals surface area contributed by atoms with Crippen molar-refractivity contribution in [1.82, 2.24) is 5.32 Å². The number of para-hydroxylation sites is 1. The van der Waals surface area contributed by atoms with E-state index in [1.54, 1.807) is 30.6 Å². The molecule has 0 bridgehead atoms. The maximum atomic E-state index is 12.6. The first-order valence-electron chi connectivity index (χ1n) is 6.29. The summed E-state index contributed by atoms with van der Waals surface area (Å²) in [7, 11) is 1.77. The van der Waals surface area contributed by atoms with E-state index >= 15 is 0 Å². The number of carbonyl (C=O) groups is 2. The number of hydrogen-bond acceptors (Lipinski definition) is 4. The van der Waals surface area contributed by atoms with Crippen molar-refractivity contribution in [3.05, 3.63) is 24.3 Å². The lowest BCUT2D eigenvalue weighted by molar-refractivity contribution is -0.124. The fourth-order valence-corrected chi connectivity index (χ4v) is 3.24. The van der Waals surface area contributed by atoms with Crippen LogP contribution in [0.1, 0.15) is 13.8 Å². The van der Waals surface area contributed by atoms with Crippen molar-refractivity contribution in [3.63, 3.8) is 0 Å². The number of ketones is 1. The standard InChI is InChI=1S/C14H18N2O2S/c1-9(10(2)17)16-12-6-4-5-7-13(12)19-8-11(15-3)14(16)18/h4-7,9,11,15H,8H2,1-3H3. The lowest BCUT2D eigenvalue weighted by Crippen LogP contribution is -2.51. The first kappa shape index (κ1) is 14.1. The molecule has 1 heterocycles. The van der Waals surface area contributed by atoms with Crippen LogP contribution in [0, 0.1) is 0 Å². The summed E-state index contributed by atoms with van der Waals surface area (Å²) in [5.74, 6) is 0.626. The minimum atomic E-state index is -0.441. The summed E-state index contributed by atoms with van der Waals surface area (Å²) in [5, 5.41) is 3.03. The molecule has 1 aromatic rings. The number of Topliss-reactive ketones (excluding diaryl/α,β-unsaturated/α-hetero) is 1. The number of hydrogen-bond donors (Lipinski definition) is 1. The van der Waals surface area contributed by atoms with Crippen molar-refractivity contribution >= 4 is 29.1 Å². The second kappa shape index (κ2) is 5.75. The maximum absolute atomic E-state index is 12.6. The highest BCUT2D eigenvalue weighted by Gasteiger charge is 2.34.